The molecule has 0 fully saturated rings. The van der Waals surface area contributed by atoms with E-state index >= 15 is 0 Å². The van der Waals surface area contributed by atoms with Gasteiger partial charge in [0.05, 0.1) is 18.6 Å². The van der Waals surface area contributed by atoms with E-state index in [9.17, 15) is 9.59 Å². The Bertz CT molecular complexity index is 891. The Balaban J connectivity index is 1.53. The molecule has 2 aromatic rings. The minimum Gasteiger partial charge on any atom is -0.497 e. The van der Waals surface area contributed by atoms with Gasteiger partial charge in [-0.2, -0.15) is 9.78 Å². The summed E-state index contributed by atoms with van der Waals surface area (Å²) < 4.78 is 6.46. The second kappa shape index (κ2) is 10.1. The first-order valence-electron chi connectivity index (χ1n) is 9.48. The Hall–Kier alpha value is -2.54. The number of thioether (sulfide) groups is 1. The predicted molar refractivity (Wildman–Crippen MR) is 111 cm³/mol. The molecule has 1 aliphatic rings. The summed E-state index contributed by atoms with van der Waals surface area (Å²) in [5.41, 5.74) is 1.88. The van der Waals surface area contributed by atoms with Gasteiger partial charge < -0.3 is 10.1 Å². The van der Waals surface area contributed by atoms with Crippen LogP contribution in [0.15, 0.2) is 57.9 Å². The van der Waals surface area contributed by atoms with Gasteiger partial charge in [0.15, 0.2) is 0 Å². The maximum absolute atomic E-state index is 12.1. The fourth-order valence-electron chi connectivity index (χ4n) is 3.06. The number of allylic oxidation sites excluding steroid dienone is 1. The molecule has 28 heavy (non-hydrogen) atoms. The Kier molecular flexibility index (Phi) is 7.31. The quantitative estimate of drug-likeness (QED) is 0.544. The van der Waals surface area contributed by atoms with Crippen molar-refractivity contribution in [3.63, 3.8) is 0 Å². The Morgan fingerprint density at radius 3 is 2.75 bits per heavy atom. The van der Waals surface area contributed by atoms with E-state index in [0.29, 0.717) is 23.0 Å². The molecule has 1 aliphatic carbocycles. The maximum atomic E-state index is 12.1. The van der Waals surface area contributed by atoms with E-state index in [-0.39, 0.29) is 17.2 Å². The highest BCUT2D eigenvalue weighted by atomic mass is 32.2. The van der Waals surface area contributed by atoms with Gasteiger partial charge in [0.2, 0.25) is 5.91 Å². The molecule has 0 saturated carbocycles. The normalized spacial score (nSPS) is 13.7. The third-order valence-electron chi connectivity index (χ3n) is 4.60. The highest BCUT2D eigenvalue weighted by Crippen LogP contribution is 2.19. The van der Waals surface area contributed by atoms with E-state index < -0.39 is 0 Å². The Labute approximate surface area is 169 Å². The van der Waals surface area contributed by atoms with E-state index in [1.165, 1.54) is 40.9 Å². The molecule has 0 atom stereocenters. The van der Waals surface area contributed by atoms with E-state index in [4.69, 9.17) is 4.74 Å². The smallest absolute Gasteiger partial charge is 0.271 e. The molecule has 1 amide bonds. The van der Waals surface area contributed by atoms with Crippen molar-refractivity contribution in [2.45, 2.75) is 37.1 Å². The number of nitrogens with one attached hydrogen (secondary N) is 1. The zero-order chi connectivity index (χ0) is 19.8. The van der Waals surface area contributed by atoms with Gasteiger partial charge >= 0.3 is 0 Å². The topological polar surface area (TPSA) is 73.2 Å². The highest BCUT2D eigenvalue weighted by molar-refractivity contribution is 7.99. The molecule has 1 N–H and O–H groups in total. The van der Waals surface area contributed by atoms with Gasteiger partial charge in [0.1, 0.15) is 10.8 Å². The number of aromatic nitrogens is 2. The number of carbonyl (C=O) groups is 1. The zero-order valence-electron chi connectivity index (χ0n) is 16.0. The first-order valence-corrected chi connectivity index (χ1v) is 10.5. The van der Waals surface area contributed by atoms with Crippen molar-refractivity contribution in [1.29, 1.82) is 0 Å². The van der Waals surface area contributed by atoms with Crippen LogP contribution in [0.2, 0.25) is 0 Å². The lowest BCUT2D eigenvalue weighted by Crippen LogP contribution is -2.27. The molecule has 0 saturated heterocycles. The summed E-state index contributed by atoms with van der Waals surface area (Å²) in [5, 5.41) is 7.95. The van der Waals surface area contributed by atoms with Crippen LogP contribution in [0.5, 0.6) is 5.75 Å². The summed E-state index contributed by atoms with van der Waals surface area (Å²) in [7, 11) is 1.59. The lowest BCUT2D eigenvalue weighted by molar-refractivity contribution is -0.118. The first kappa shape index (κ1) is 20.2. The Morgan fingerprint density at radius 2 is 2.04 bits per heavy atom. The molecule has 148 valence electrons. The van der Waals surface area contributed by atoms with Crippen LogP contribution in [-0.2, 0) is 4.79 Å². The SMILES string of the molecule is COc1ccc(-n2nc(SCC(=O)NCCC3=CCCCC3)ccc2=O)cc1. The van der Waals surface area contributed by atoms with Crippen molar-refractivity contribution in [2.75, 3.05) is 19.4 Å². The molecule has 0 spiro atoms. The minimum absolute atomic E-state index is 0.0228. The minimum atomic E-state index is -0.222. The summed E-state index contributed by atoms with van der Waals surface area (Å²) in [5.74, 6) is 0.959. The van der Waals surface area contributed by atoms with Gasteiger partial charge in [-0.1, -0.05) is 23.4 Å². The van der Waals surface area contributed by atoms with Crippen molar-refractivity contribution in [2.24, 2.45) is 0 Å². The van der Waals surface area contributed by atoms with Crippen LogP contribution in [0.4, 0.5) is 0 Å². The molecular formula is C21H25N3O3S. The van der Waals surface area contributed by atoms with Gasteiger partial charge in [-0.05, 0) is 62.4 Å². The summed E-state index contributed by atoms with van der Waals surface area (Å²) in [6.07, 6.45) is 8.08. The van der Waals surface area contributed by atoms with Crippen molar-refractivity contribution >= 4 is 17.7 Å². The largest absolute Gasteiger partial charge is 0.497 e. The summed E-state index contributed by atoms with van der Waals surface area (Å²) >= 11 is 1.32. The predicted octanol–water partition coefficient (Wildman–Crippen LogP) is 3.34. The zero-order valence-corrected chi connectivity index (χ0v) is 16.8. The number of rotatable bonds is 8. The van der Waals surface area contributed by atoms with Gasteiger partial charge in [-0.15, -0.1) is 0 Å². The fraction of sp³-hybridized carbons (Fsp3) is 0.381. The van der Waals surface area contributed by atoms with Crippen molar-refractivity contribution in [3.8, 4) is 11.4 Å². The third-order valence-corrected chi connectivity index (χ3v) is 5.52. The van der Waals surface area contributed by atoms with E-state index in [1.54, 1.807) is 37.4 Å². The van der Waals surface area contributed by atoms with Gasteiger partial charge in [-0.3, -0.25) is 9.59 Å². The monoisotopic (exact) mass is 399 g/mol. The van der Waals surface area contributed by atoms with Crippen LogP contribution in [0.3, 0.4) is 0 Å². The maximum Gasteiger partial charge on any atom is 0.271 e. The number of amides is 1. The van der Waals surface area contributed by atoms with Crippen LogP contribution < -0.4 is 15.6 Å². The van der Waals surface area contributed by atoms with E-state index in [0.717, 1.165) is 19.3 Å². The number of ether oxygens (including phenoxy) is 1. The van der Waals surface area contributed by atoms with Gasteiger partial charge in [0.25, 0.3) is 5.56 Å². The van der Waals surface area contributed by atoms with E-state index in [2.05, 4.69) is 16.5 Å². The van der Waals surface area contributed by atoms with Gasteiger partial charge in [0, 0.05) is 12.6 Å². The standard InChI is InChI=1S/C21H25N3O3S/c1-27-18-9-7-17(8-10-18)24-21(26)12-11-20(23-24)28-15-19(25)22-14-13-16-5-3-2-4-6-16/h5,7-12H,2-4,6,13-15H2,1H3,(H,22,25). The fourth-order valence-corrected chi connectivity index (χ4v) is 3.75. The molecule has 0 aliphatic heterocycles. The molecule has 3 rings (SSSR count). The number of nitrogens with zero attached hydrogens (tertiary/aromatic N) is 2. The first-order chi connectivity index (χ1) is 13.7. The average molecular weight is 400 g/mol. The molecule has 0 radical (unpaired) electrons. The second-order valence-corrected chi connectivity index (χ2v) is 7.61. The molecule has 6 nitrogen and oxygen atoms in total. The van der Waals surface area contributed by atoms with Crippen LogP contribution >= 0.6 is 11.8 Å². The third kappa shape index (κ3) is 5.73. The van der Waals surface area contributed by atoms with Crippen molar-refractivity contribution in [3.05, 3.63) is 58.4 Å². The van der Waals surface area contributed by atoms with E-state index in [1.807, 2.05) is 0 Å². The Morgan fingerprint density at radius 1 is 1.21 bits per heavy atom. The number of methoxy groups -OCH3 is 1. The van der Waals surface area contributed by atoms with Gasteiger partial charge in [-0.25, -0.2) is 0 Å². The summed E-state index contributed by atoms with van der Waals surface area (Å²) in [4.78, 5) is 24.2. The van der Waals surface area contributed by atoms with Crippen LogP contribution in [0.25, 0.3) is 5.69 Å². The molecule has 7 heteroatoms. The molecule has 1 aromatic heterocycles. The summed E-state index contributed by atoms with van der Waals surface area (Å²) in [6.45, 7) is 0.671. The lowest BCUT2D eigenvalue weighted by atomic mass is 9.97. The van der Waals surface area contributed by atoms with Crippen molar-refractivity contribution < 1.29 is 9.53 Å². The number of hydrogen-bond donors (Lipinski definition) is 1. The second-order valence-electron chi connectivity index (χ2n) is 6.62. The molecule has 1 heterocycles. The number of carbonyl (C=O) groups excluding carboxylic acids is 1. The lowest BCUT2D eigenvalue weighted by Gasteiger charge is -2.13. The highest BCUT2D eigenvalue weighted by Gasteiger charge is 2.08. The van der Waals surface area contributed by atoms with Crippen LogP contribution in [0.1, 0.15) is 32.1 Å². The molecular weight excluding hydrogens is 374 g/mol. The summed E-state index contributed by atoms with van der Waals surface area (Å²) in [6, 6.07) is 10.2. The van der Waals surface area contributed by atoms with Crippen LogP contribution in [-0.4, -0.2) is 35.1 Å². The van der Waals surface area contributed by atoms with Crippen molar-refractivity contribution in [1.82, 2.24) is 15.1 Å². The average Bonchev–Trinajstić information content (AvgIpc) is 2.74. The molecule has 0 unspecified atom stereocenters. The van der Waals surface area contributed by atoms with Crippen LogP contribution in [0, 0.1) is 0 Å². The number of benzene rings is 1. The molecule has 0 bridgehead atoms. The molecule has 1 aromatic carbocycles. The number of hydrogen-bond acceptors (Lipinski definition) is 5.